The lowest BCUT2D eigenvalue weighted by Crippen LogP contribution is -2.29. The third kappa shape index (κ3) is 3.40. The molecule has 1 unspecified atom stereocenters. The van der Waals surface area contributed by atoms with E-state index in [4.69, 9.17) is 4.42 Å². The first-order chi connectivity index (χ1) is 8.65. The van der Waals surface area contributed by atoms with Gasteiger partial charge in [0.2, 0.25) is 11.8 Å². The Morgan fingerprint density at radius 2 is 1.89 bits per heavy atom. The predicted octanol–water partition coefficient (Wildman–Crippen LogP) is 2.66. The Morgan fingerprint density at radius 3 is 2.44 bits per heavy atom. The van der Waals surface area contributed by atoms with Crippen LogP contribution in [0.25, 0.3) is 0 Å². The molecule has 2 rings (SSSR count). The van der Waals surface area contributed by atoms with Crippen molar-refractivity contribution in [1.82, 2.24) is 15.5 Å². The quantitative estimate of drug-likeness (QED) is 0.879. The zero-order valence-electron chi connectivity index (χ0n) is 11.1. The molecule has 4 nitrogen and oxygen atoms in total. The molecule has 0 bridgehead atoms. The van der Waals surface area contributed by atoms with Crippen LogP contribution in [0.5, 0.6) is 0 Å². The van der Waals surface area contributed by atoms with Gasteiger partial charge in [-0.25, -0.2) is 0 Å². The number of nitrogens with zero attached hydrogens (tertiary/aromatic N) is 2. The number of rotatable bonds is 5. The van der Waals surface area contributed by atoms with E-state index in [-0.39, 0.29) is 6.04 Å². The van der Waals surface area contributed by atoms with E-state index >= 15 is 0 Å². The Hall–Kier alpha value is -1.68. The van der Waals surface area contributed by atoms with Crippen molar-refractivity contribution in [2.75, 3.05) is 0 Å². The van der Waals surface area contributed by atoms with E-state index < -0.39 is 0 Å². The molecule has 1 aromatic heterocycles. The summed E-state index contributed by atoms with van der Waals surface area (Å²) in [7, 11) is 0. The summed E-state index contributed by atoms with van der Waals surface area (Å²) in [6.45, 7) is 6.04. The standard InChI is InChI=1S/C14H19N3O/c1-10(2)15-13(14-17-16-11(3)18-14)9-12-7-5-4-6-8-12/h4-8,10,13,15H,9H2,1-3H3. The number of hydrogen-bond donors (Lipinski definition) is 1. The van der Waals surface area contributed by atoms with Gasteiger partial charge in [-0.3, -0.25) is 0 Å². The monoisotopic (exact) mass is 245 g/mol. The van der Waals surface area contributed by atoms with E-state index in [1.54, 1.807) is 0 Å². The zero-order chi connectivity index (χ0) is 13.0. The summed E-state index contributed by atoms with van der Waals surface area (Å²) >= 11 is 0. The lowest BCUT2D eigenvalue weighted by atomic mass is 10.1. The van der Waals surface area contributed by atoms with Crippen LogP contribution in [0.3, 0.4) is 0 Å². The van der Waals surface area contributed by atoms with E-state index in [1.807, 2.05) is 25.1 Å². The van der Waals surface area contributed by atoms with Crippen molar-refractivity contribution >= 4 is 0 Å². The summed E-state index contributed by atoms with van der Waals surface area (Å²) in [5.74, 6) is 1.26. The Kier molecular flexibility index (Phi) is 4.10. The molecule has 2 aromatic rings. The SMILES string of the molecule is Cc1nnc(C(Cc2ccccc2)NC(C)C)o1. The first-order valence-corrected chi connectivity index (χ1v) is 6.25. The molecule has 1 N–H and O–H groups in total. The molecule has 0 aliphatic heterocycles. The molecule has 1 aromatic carbocycles. The maximum absolute atomic E-state index is 5.53. The second-order valence-electron chi connectivity index (χ2n) is 4.72. The van der Waals surface area contributed by atoms with Crippen LogP contribution in [0.2, 0.25) is 0 Å². The maximum atomic E-state index is 5.53. The molecule has 0 saturated carbocycles. The normalized spacial score (nSPS) is 12.9. The Morgan fingerprint density at radius 1 is 1.17 bits per heavy atom. The first-order valence-electron chi connectivity index (χ1n) is 6.25. The van der Waals surface area contributed by atoms with Crippen molar-refractivity contribution in [3.8, 4) is 0 Å². The van der Waals surface area contributed by atoms with Crippen molar-refractivity contribution in [3.05, 3.63) is 47.7 Å². The number of aromatic nitrogens is 2. The largest absolute Gasteiger partial charge is 0.424 e. The third-order valence-corrected chi connectivity index (χ3v) is 2.66. The fraction of sp³-hybridized carbons (Fsp3) is 0.429. The van der Waals surface area contributed by atoms with Gasteiger partial charge in [-0.15, -0.1) is 10.2 Å². The smallest absolute Gasteiger partial charge is 0.233 e. The molecule has 0 aliphatic carbocycles. The fourth-order valence-corrected chi connectivity index (χ4v) is 1.92. The van der Waals surface area contributed by atoms with E-state index in [0.717, 1.165) is 6.42 Å². The van der Waals surface area contributed by atoms with Crippen LogP contribution in [0.15, 0.2) is 34.7 Å². The van der Waals surface area contributed by atoms with Gasteiger partial charge in [-0.2, -0.15) is 0 Å². The molecule has 18 heavy (non-hydrogen) atoms. The van der Waals surface area contributed by atoms with Crippen LogP contribution >= 0.6 is 0 Å². The van der Waals surface area contributed by atoms with Crippen molar-refractivity contribution in [3.63, 3.8) is 0 Å². The van der Waals surface area contributed by atoms with Gasteiger partial charge in [0.05, 0.1) is 6.04 Å². The van der Waals surface area contributed by atoms with E-state index in [0.29, 0.717) is 17.8 Å². The van der Waals surface area contributed by atoms with E-state index in [9.17, 15) is 0 Å². The summed E-state index contributed by atoms with van der Waals surface area (Å²) in [6, 6.07) is 10.8. The van der Waals surface area contributed by atoms with E-state index in [1.165, 1.54) is 5.56 Å². The minimum Gasteiger partial charge on any atom is -0.424 e. The van der Waals surface area contributed by atoms with Gasteiger partial charge in [-0.1, -0.05) is 44.2 Å². The molecule has 0 fully saturated rings. The summed E-state index contributed by atoms with van der Waals surface area (Å²) in [5.41, 5.74) is 1.26. The van der Waals surface area contributed by atoms with Crippen molar-refractivity contribution in [1.29, 1.82) is 0 Å². The highest BCUT2D eigenvalue weighted by Crippen LogP contribution is 2.18. The van der Waals surface area contributed by atoms with Crippen LogP contribution in [-0.2, 0) is 6.42 Å². The summed E-state index contributed by atoms with van der Waals surface area (Å²) in [6.07, 6.45) is 0.848. The van der Waals surface area contributed by atoms with Gasteiger partial charge in [-0.05, 0) is 12.0 Å². The minimum absolute atomic E-state index is 0.0635. The second kappa shape index (κ2) is 5.78. The lowest BCUT2D eigenvalue weighted by molar-refractivity contribution is 0.366. The van der Waals surface area contributed by atoms with Gasteiger partial charge >= 0.3 is 0 Å². The van der Waals surface area contributed by atoms with Gasteiger partial charge in [0.15, 0.2) is 0 Å². The fourth-order valence-electron chi connectivity index (χ4n) is 1.92. The van der Waals surface area contributed by atoms with Crippen molar-refractivity contribution in [2.45, 2.75) is 39.3 Å². The average Bonchev–Trinajstić information content (AvgIpc) is 2.76. The van der Waals surface area contributed by atoms with Crippen LogP contribution in [0.4, 0.5) is 0 Å². The van der Waals surface area contributed by atoms with Gasteiger partial charge in [0.1, 0.15) is 0 Å². The Bertz CT molecular complexity index is 479. The van der Waals surface area contributed by atoms with Crippen molar-refractivity contribution in [2.24, 2.45) is 0 Å². The first kappa shape index (κ1) is 12.8. The molecule has 96 valence electrons. The molecule has 4 heteroatoms. The van der Waals surface area contributed by atoms with Gasteiger partial charge in [0, 0.05) is 13.0 Å². The summed E-state index contributed by atoms with van der Waals surface area (Å²) < 4.78 is 5.53. The molecule has 0 amide bonds. The minimum atomic E-state index is 0.0635. The van der Waals surface area contributed by atoms with Gasteiger partial charge in [0.25, 0.3) is 0 Å². The Labute approximate surface area is 107 Å². The summed E-state index contributed by atoms with van der Waals surface area (Å²) in [5, 5.41) is 11.5. The highest BCUT2D eigenvalue weighted by Gasteiger charge is 2.19. The molecule has 0 radical (unpaired) electrons. The summed E-state index contributed by atoms with van der Waals surface area (Å²) in [4.78, 5) is 0. The average molecular weight is 245 g/mol. The number of hydrogen-bond acceptors (Lipinski definition) is 4. The van der Waals surface area contributed by atoms with Crippen LogP contribution < -0.4 is 5.32 Å². The second-order valence-corrected chi connectivity index (χ2v) is 4.72. The van der Waals surface area contributed by atoms with Crippen LogP contribution in [0, 0.1) is 6.92 Å². The third-order valence-electron chi connectivity index (χ3n) is 2.66. The van der Waals surface area contributed by atoms with Crippen molar-refractivity contribution < 1.29 is 4.42 Å². The maximum Gasteiger partial charge on any atom is 0.233 e. The Balaban J connectivity index is 2.15. The molecular formula is C14H19N3O. The molecule has 1 heterocycles. The number of benzene rings is 1. The molecular weight excluding hydrogens is 226 g/mol. The zero-order valence-corrected chi connectivity index (χ0v) is 11.1. The highest BCUT2D eigenvalue weighted by molar-refractivity contribution is 5.17. The topological polar surface area (TPSA) is 51.0 Å². The number of nitrogens with one attached hydrogen (secondary N) is 1. The predicted molar refractivity (Wildman–Crippen MR) is 70.2 cm³/mol. The number of aryl methyl sites for hydroxylation is 1. The van der Waals surface area contributed by atoms with Crippen LogP contribution in [-0.4, -0.2) is 16.2 Å². The molecule has 0 saturated heterocycles. The lowest BCUT2D eigenvalue weighted by Gasteiger charge is -2.18. The van der Waals surface area contributed by atoms with Gasteiger partial charge < -0.3 is 9.73 Å². The molecule has 1 atom stereocenters. The van der Waals surface area contributed by atoms with Crippen LogP contribution in [0.1, 0.15) is 37.2 Å². The molecule has 0 spiro atoms. The van der Waals surface area contributed by atoms with E-state index in [2.05, 4.69) is 41.5 Å². The molecule has 0 aliphatic rings. The highest BCUT2D eigenvalue weighted by atomic mass is 16.4.